The van der Waals surface area contributed by atoms with Crippen LogP contribution >= 0.6 is 0 Å². The Morgan fingerprint density at radius 3 is 1.72 bits per heavy atom. The van der Waals surface area contributed by atoms with Crippen molar-refractivity contribution in [1.29, 1.82) is 0 Å². The average molecular weight is 552 g/mol. The fraction of sp³-hybridized carbons (Fsp3) is 0.848. The fourth-order valence-corrected chi connectivity index (χ4v) is 4.73. The zero-order valence-electron chi connectivity index (χ0n) is 25.5. The summed E-state index contributed by atoms with van der Waals surface area (Å²) in [6.07, 6.45) is 30.4. The molecule has 39 heavy (non-hydrogen) atoms. The van der Waals surface area contributed by atoms with Crippen LogP contribution in [0.3, 0.4) is 0 Å². The van der Waals surface area contributed by atoms with Crippen molar-refractivity contribution in [3.05, 3.63) is 12.2 Å². The largest absolute Gasteiger partial charge is 0.480 e. The number of hydrogen-bond acceptors (Lipinski definition) is 4. The van der Waals surface area contributed by atoms with E-state index in [1.54, 1.807) is 0 Å². The zero-order chi connectivity index (χ0) is 28.8. The van der Waals surface area contributed by atoms with Crippen LogP contribution in [-0.4, -0.2) is 35.6 Å². The summed E-state index contributed by atoms with van der Waals surface area (Å²) in [4.78, 5) is 34.6. The van der Waals surface area contributed by atoms with Gasteiger partial charge in [0.1, 0.15) is 12.6 Å². The molecule has 0 aliphatic carbocycles. The molecule has 0 rings (SSSR count). The molecule has 0 saturated carbocycles. The number of ether oxygens (including phenoxy) is 1. The van der Waals surface area contributed by atoms with Gasteiger partial charge >= 0.3 is 11.9 Å². The summed E-state index contributed by atoms with van der Waals surface area (Å²) in [5, 5.41) is 11.0. The van der Waals surface area contributed by atoms with Crippen LogP contribution in [0.25, 0.3) is 0 Å². The quantitative estimate of drug-likeness (QED) is 0.0549. The molecule has 0 fully saturated rings. The summed E-state index contributed by atoms with van der Waals surface area (Å²) in [6.45, 7) is 4.15. The van der Waals surface area contributed by atoms with Crippen molar-refractivity contribution in [3.8, 4) is 0 Å². The van der Waals surface area contributed by atoms with Gasteiger partial charge < -0.3 is 15.2 Å². The minimum atomic E-state index is -1.02. The molecular formula is C33H61NO5. The van der Waals surface area contributed by atoms with Gasteiger partial charge in [0.25, 0.3) is 0 Å². The maximum atomic E-state index is 12.5. The smallest absolute Gasteiger partial charge is 0.322 e. The molecule has 0 aliphatic heterocycles. The van der Waals surface area contributed by atoms with Gasteiger partial charge in [0.05, 0.1) is 0 Å². The zero-order valence-corrected chi connectivity index (χ0v) is 25.5. The molecule has 1 atom stereocenters. The molecule has 2 N–H and O–H groups in total. The van der Waals surface area contributed by atoms with Gasteiger partial charge in [-0.25, -0.2) is 0 Å². The van der Waals surface area contributed by atoms with E-state index in [1.807, 2.05) is 0 Å². The monoisotopic (exact) mass is 551 g/mol. The van der Waals surface area contributed by atoms with Crippen molar-refractivity contribution < 1.29 is 24.2 Å². The molecule has 0 aromatic rings. The van der Waals surface area contributed by atoms with Crippen LogP contribution in [0.4, 0.5) is 0 Å². The van der Waals surface area contributed by atoms with Crippen molar-refractivity contribution >= 4 is 17.8 Å². The topological polar surface area (TPSA) is 92.7 Å². The van der Waals surface area contributed by atoms with Gasteiger partial charge in [0, 0.05) is 12.8 Å². The Bertz CT molecular complexity index is 619. The lowest BCUT2D eigenvalue weighted by Crippen LogP contribution is -2.28. The molecule has 0 aromatic heterocycles. The summed E-state index contributed by atoms with van der Waals surface area (Å²) >= 11 is 0. The highest BCUT2D eigenvalue weighted by Crippen LogP contribution is 2.18. The van der Waals surface area contributed by atoms with E-state index < -0.39 is 5.97 Å². The Hall–Kier alpha value is -1.85. The van der Waals surface area contributed by atoms with E-state index in [9.17, 15) is 14.4 Å². The SMILES string of the molecule is CCCC/C=C\CCCCCCCC(=O)OC(CCCCCCCC)CCCCCCCC(=O)NCC(=O)O. The van der Waals surface area contributed by atoms with Gasteiger partial charge in [-0.05, 0) is 57.8 Å². The standard InChI is InChI=1S/C33H61NO5/c1-3-5-7-9-11-12-13-14-15-20-24-28-33(38)39-30(25-21-17-10-8-6-4-2)26-22-18-16-19-23-27-31(35)34-29-32(36)37/h9,11,30H,3-8,10,12-29H2,1-2H3,(H,34,35)(H,36,37)/b11-9-. The Kier molecular flexibility index (Phi) is 27.8. The highest BCUT2D eigenvalue weighted by molar-refractivity contribution is 5.80. The van der Waals surface area contributed by atoms with Crippen LogP contribution in [0, 0.1) is 0 Å². The van der Waals surface area contributed by atoms with Gasteiger partial charge in [-0.3, -0.25) is 14.4 Å². The average Bonchev–Trinajstić information content (AvgIpc) is 2.91. The molecule has 6 nitrogen and oxygen atoms in total. The number of aliphatic carboxylic acids is 1. The van der Waals surface area contributed by atoms with Crippen LogP contribution in [0.15, 0.2) is 12.2 Å². The molecule has 0 heterocycles. The van der Waals surface area contributed by atoms with Crippen molar-refractivity contribution in [2.24, 2.45) is 0 Å². The number of carbonyl (C=O) groups is 3. The molecule has 0 aliphatic rings. The lowest BCUT2D eigenvalue weighted by molar-refractivity contribution is -0.150. The predicted octanol–water partition coefficient (Wildman–Crippen LogP) is 9.06. The Morgan fingerprint density at radius 1 is 0.641 bits per heavy atom. The molecule has 0 saturated heterocycles. The number of carbonyl (C=O) groups excluding carboxylic acids is 2. The van der Waals surface area contributed by atoms with Crippen LogP contribution in [0.2, 0.25) is 0 Å². The predicted molar refractivity (Wildman–Crippen MR) is 162 cm³/mol. The lowest BCUT2D eigenvalue weighted by Gasteiger charge is -2.18. The number of hydrogen-bond donors (Lipinski definition) is 2. The number of unbranched alkanes of at least 4 members (excludes halogenated alkanes) is 16. The van der Waals surface area contributed by atoms with Crippen LogP contribution in [0.1, 0.15) is 168 Å². The summed E-state index contributed by atoms with van der Waals surface area (Å²) in [7, 11) is 0. The summed E-state index contributed by atoms with van der Waals surface area (Å²) in [5.41, 5.74) is 0. The summed E-state index contributed by atoms with van der Waals surface area (Å²) in [5.74, 6) is -1.24. The maximum absolute atomic E-state index is 12.5. The Morgan fingerprint density at radius 2 is 1.13 bits per heavy atom. The molecule has 1 amide bonds. The van der Waals surface area contributed by atoms with Crippen LogP contribution < -0.4 is 5.32 Å². The van der Waals surface area contributed by atoms with Gasteiger partial charge in [-0.15, -0.1) is 0 Å². The number of carboxylic acids is 1. The highest BCUT2D eigenvalue weighted by atomic mass is 16.5. The number of allylic oxidation sites excluding steroid dienone is 2. The minimum absolute atomic E-state index is 0.0304. The first kappa shape index (κ1) is 37.1. The van der Waals surface area contributed by atoms with Gasteiger partial charge in [0.15, 0.2) is 0 Å². The van der Waals surface area contributed by atoms with E-state index in [0.717, 1.165) is 64.2 Å². The van der Waals surface area contributed by atoms with Crippen molar-refractivity contribution in [2.45, 2.75) is 174 Å². The highest BCUT2D eigenvalue weighted by Gasteiger charge is 2.14. The number of carboxylic acid groups (broad SMARTS) is 1. The third-order valence-electron chi connectivity index (χ3n) is 7.19. The number of nitrogens with one attached hydrogen (secondary N) is 1. The second-order valence-electron chi connectivity index (χ2n) is 11.1. The number of esters is 1. The van der Waals surface area contributed by atoms with Crippen molar-refractivity contribution in [3.63, 3.8) is 0 Å². The third-order valence-corrected chi connectivity index (χ3v) is 7.19. The first-order valence-electron chi connectivity index (χ1n) is 16.3. The molecule has 0 bridgehead atoms. The van der Waals surface area contributed by atoms with E-state index in [0.29, 0.717) is 12.8 Å². The van der Waals surface area contributed by atoms with Gasteiger partial charge in [-0.2, -0.15) is 0 Å². The molecule has 0 aromatic carbocycles. The van der Waals surface area contributed by atoms with Gasteiger partial charge in [-0.1, -0.05) is 109 Å². The van der Waals surface area contributed by atoms with Gasteiger partial charge in [0.2, 0.25) is 5.91 Å². The first-order chi connectivity index (χ1) is 19.0. The van der Waals surface area contributed by atoms with Crippen LogP contribution in [0.5, 0.6) is 0 Å². The first-order valence-corrected chi connectivity index (χ1v) is 16.3. The molecule has 0 spiro atoms. The number of rotatable bonds is 29. The third kappa shape index (κ3) is 29.0. The fourth-order valence-electron chi connectivity index (χ4n) is 4.73. The summed E-state index contributed by atoms with van der Waals surface area (Å²) < 4.78 is 5.93. The van der Waals surface area contributed by atoms with Crippen molar-refractivity contribution in [1.82, 2.24) is 5.32 Å². The van der Waals surface area contributed by atoms with E-state index in [4.69, 9.17) is 9.84 Å². The normalized spacial score (nSPS) is 12.1. The molecule has 6 heteroatoms. The lowest BCUT2D eigenvalue weighted by atomic mass is 10.0. The second-order valence-corrected chi connectivity index (χ2v) is 11.1. The Balaban J connectivity index is 4.08. The molecule has 1 unspecified atom stereocenters. The van der Waals surface area contributed by atoms with Crippen molar-refractivity contribution in [2.75, 3.05) is 6.54 Å². The number of amides is 1. The molecule has 0 radical (unpaired) electrons. The van der Waals surface area contributed by atoms with E-state index >= 15 is 0 Å². The Labute approximate surface area is 240 Å². The maximum Gasteiger partial charge on any atom is 0.322 e. The molecular weight excluding hydrogens is 490 g/mol. The minimum Gasteiger partial charge on any atom is -0.480 e. The van der Waals surface area contributed by atoms with Crippen LogP contribution in [-0.2, 0) is 19.1 Å². The second kappa shape index (κ2) is 29.1. The molecule has 228 valence electrons. The summed E-state index contributed by atoms with van der Waals surface area (Å²) in [6, 6.07) is 0. The van der Waals surface area contributed by atoms with E-state index in [-0.39, 0.29) is 24.5 Å². The van der Waals surface area contributed by atoms with E-state index in [2.05, 4.69) is 31.3 Å². The van der Waals surface area contributed by atoms with E-state index in [1.165, 1.54) is 77.0 Å².